The molecule has 0 aliphatic carbocycles. The van der Waals surface area contributed by atoms with Crippen molar-refractivity contribution in [1.82, 2.24) is 30.6 Å². The quantitative estimate of drug-likeness (QED) is 0.135. The van der Waals surface area contributed by atoms with Gasteiger partial charge in [-0.1, -0.05) is 0 Å². The summed E-state index contributed by atoms with van der Waals surface area (Å²) in [5.41, 5.74) is 9.44. The first-order chi connectivity index (χ1) is 21.4. The molecule has 3 amide bonds. The summed E-state index contributed by atoms with van der Waals surface area (Å²) in [7, 11) is 0. The highest BCUT2D eigenvalue weighted by atomic mass is 19.4. The molecule has 0 bridgehead atoms. The van der Waals surface area contributed by atoms with Gasteiger partial charge in [-0.25, -0.2) is 9.97 Å². The van der Waals surface area contributed by atoms with Crippen LogP contribution in [0.25, 0.3) is 11.2 Å². The molecular weight excluding hydrogens is 603 g/mol. The minimum Gasteiger partial charge on any atom is -0.378 e. The molecule has 0 saturated carbocycles. The Kier molecular flexibility index (Phi) is 12.7. The van der Waals surface area contributed by atoms with Gasteiger partial charge in [0.25, 0.3) is 11.5 Å². The Morgan fingerprint density at radius 1 is 1.07 bits per heavy atom. The number of fused-ring (bicyclic) bond motifs is 1. The van der Waals surface area contributed by atoms with Gasteiger partial charge >= 0.3 is 12.1 Å². The van der Waals surface area contributed by atoms with E-state index in [1.165, 1.54) is 24.3 Å². The Hall–Kier alpha value is -4.68. The highest BCUT2D eigenvalue weighted by Gasteiger charge is 2.43. The van der Waals surface area contributed by atoms with Crippen LogP contribution in [0.1, 0.15) is 35.8 Å². The van der Waals surface area contributed by atoms with Crippen molar-refractivity contribution in [3.63, 3.8) is 0 Å². The molecule has 0 radical (unpaired) electrons. The summed E-state index contributed by atoms with van der Waals surface area (Å²) in [6, 6.07) is 4.46. The zero-order chi connectivity index (χ0) is 33.0. The molecule has 7 N–H and O–H groups in total. The molecule has 2 heterocycles. The second-order valence-corrected chi connectivity index (χ2v) is 9.70. The van der Waals surface area contributed by atoms with Crippen molar-refractivity contribution in [2.24, 2.45) is 5.73 Å². The number of nitrogen functional groups attached to an aromatic ring is 1. The molecule has 45 heavy (non-hydrogen) atoms. The van der Waals surface area contributed by atoms with Crippen LogP contribution in [0.3, 0.4) is 0 Å². The number of carbonyl (C=O) groups is 3. The molecular formula is C27H34F3N9O6. The van der Waals surface area contributed by atoms with Gasteiger partial charge in [0.15, 0.2) is 11.2 Å². The Labute approximate surface area is 254 Å². The van der Waals surface area contributed by atoms with Crippen molar-refractivity contribution >= 4 is 40.5 Å². The molecule has 0 saturated heterocycles. The average molecular weight is 638 g/mol. The lowest BCUT2D eigenvalue weighted by Crippen LogP contribution is -2.41. The van der Waals surface area contributed by atoms with Crippen LogP contribution < -0.4 is 32.6 Å². The fraction of sp³-hybridized carbons (Fsp3) is 0.444. The molecule has 0 fully saturated rings. The summed E-state index contributed by atoms with van der Waals surface area (Å²) in [5.74, 6) is -3.16. The van der Waals surface area contributed by atoms with Gasteiger partial charge in [-0.2, -0.15) is 18.2 Å². The summed E-state index contributed by atoms with van der Waals surface area (Å²) in [4.78, 5) is 63.6. The number of H-pyrrole nitrogens is 1. The molecule has 0 spiro atoms. The van der Waals surface area contributed by atoms with E-state index >= 15 is 0 Å². The molecule has 3 rings (SSSR count). The van der Waals surface area contributed by atoms with E-state index in [4.69, 9.17) is 20.9 Å². The van der Waals surface area contributed by atoms with Gasteiger partial charge in [-0.05, 0) is 37.6 Å². The van der Waals surface area contributed by atoms with E-state index in [2.05, 4.69) is 30.6 Å². The van der Waals surface area contributed by atoms with Crippen LogP contribution >= 0.6 is 0 Å². The molecule has 0 unspecified atom stereocenters. The Morgan fingerprint density at radius 3 is 2.42 bits per heavy atom. The summed E-state index contributed by atoms with van der Waals surface area (Å²) in [6.07, 6.45) is -3.69. The van der Waals surface area contributed by atoms with Crippen LogP contribution in [0.5, 0.6) is 0 Å². The van der Waals surface area contributed by atoms with Crippen molar-refractivity contribution < 1.29 is 37.0 Å². The lowest BCUT2D eigenvalue weighted by atomic mass is 10.1. The van der Waals surface area contributed by atoms with Gasteiger partial charge in [0.1, 0.15) is 0 Å². The van der Waals surface area contributed by atoms with Crippen LogP contribution in [-0.4, -0.2) is 89.4 Å². The zero-order valence-electron chi connectivity index (χ0n) is 24.4. The number of nitrogens with one attached hydrogen (secondary N) is 3. The first-order valence-corrected chi connectivity index (χ1v) is 13.8. The summed E-state index contributed by atoms with van der Waals surface area (Å²) < 4.78 is 50.9. The number of alkyl halides is 3. The third-order valence-corrected chi connectivity index (χ3v) is 6.12. The predicted molar refractivity (Wildman–Crippen MR) is 156 cm³/mol. The molecule has 0 aliphatic rings. The smallest absolute Gasteiger partial charge is 0.378 e. The maximum atomic E-state index is 13.5. The number of hydrogen-bond acceptors (Lipinski definition) is 11. The minimum absolute atomic E-state index is 0.114. The first kappa shape index (κ1) is 34.8. The van der Waals surface area contributed by atoms with E-state index in [9.17, 15) is 32.3 Å². The lowest BCUT2D eigenvalue weighted by molar-refractivity contribution is -0.170. The fourth-order valence-corrected chi connectivity index (χ4v) is 3.92. The van der Waals surface area contributed by atoms with E-state index in [-0.39, 0.29) is 46.4 Å². The predicted octanol–water partition coefficient (Wildman–Crippen LogP) is 0.397. The SMILES string of the molecule is C[C@H](CCC(=O)NCCOCCOCCN)NC(=O)c1ccc(N(Cc2cnc3nc(N)[nH]c(=O)c3n2)C(=O)C(F)(F)F)cc1. The maximum Gasteiger partial charge on any atom is 0.471 e. The fourth-order valence-electron chi connectivity index (χ4n) is 3.92. The molecule has 18 heteroatoms. The van der Waals surface area contributed by atoms with Gasteiger partial charge in [0.2, 0.25) is 11.9 Å². The Bertz CT molecular complexity index is 1520. The normalized spacial score (nSPS) is 12.1. The van der Waals surface area contributed by atoms with Gasteiger partial charge in [-0.15, -0.1) is 0 Å². The number of carbonyl (C=O) groups excluding carboxylic acids is 3. The molecule has 244 valence electrons. The number of rotatable bonds is 16. The number of halogens is 3. The monoisotopic (exact) mass is 637 g/mol. The number of amides is 3. The highest BCUT2D eigenvalue weighted by molar-refractivity contribution is 5.98. The van der Waals surface area contributed by atoms with E-state index < -0.39 is 36.1 Å². The summed E-state index contributed by atoms with van der Waals surface area (Å²) >= 11 is 0. The van der Waals surface area contributed by atoms with Gasteiger partial charge in [0, 0.05) is 36.8 Å². The number of hydrogen-bond donors (Lipinski definition) is 5. The van der Waals surface area contributed by atoms with Crippen molar-refractivity contribution in [3.05, 3.63) is 52.1 Å². The summed E-state index contributed by atoms with van der Waals surface area (Å²) in [6.45, 7) is 3.31. The Morgan fingerprint density at radius 2 is 1.76 bits per heavy atom. The Balaban J connectivity index is 1.56. The third kappa shape index (κ3) is 10.8. The van der Waals surface area contributed by atoms with Crippen molar-refractivity contribution in [2.75, 3.05) is 50.2 Å². The van der Waals surface area contributed by atoms with Crippen LogP contribution in [0.4, 0.5) is 24.8 Å². The molecule has 1 atom stereocenters. The van der Waals surface area contributed by atoms with E-state index in [1.54, 1.807) is 6.92 Å². The second-order valence-electron chi connectivity index (χ2n) is 9.70. The van der Waals surface area contributed by atoms with Crippen LogP contribution in [0, 0.1) is 0 Å². The van der Waals surface area contributed by atoms with Gasteiger partial charge in [0.05, 0.1) is 44.9 Å². The number of ether oxygens (including phenoxy) is 2. The minimum atomic E-state index is -5.23. The largest absolute Gasteiger partial charge is 0.471 e. The van der Waals surface area contributed by atoms with Crippen LogP contribution in [-0.2, 0) is 25.6 Å². The van der Waals surface area contributed by atoms with E-state index in [1.807, 2.05) is 0 Å². The molecule has 2 aromatic heterocycles. The molecule has 15 nitrogen and oxygen atoms in total. The molecule has 1 aromatic carbocycles. The topological polar surface area (TPSA) is 221 Å². The zero-order valence-corrected chi connectivity index (χ0v) is 24.4. The van der Waals surface area contributed by atoms with Crippen molar-refractivity contribution in [1.29, 1.82) is 0 Å². The van der Waals surface area contributed by atoms with E-state index in [0.717, 1.165) is 6.20 Å². The van der Waals surface area contributed by atoms with Gasteiger partial charge < -0.3 is 31.6 Å². The highest BCUT2D eigenvalue weighted by Crippen LogP contribution is 2.26. The number of aromatic amines is 1. The average Bonchev–Trinajstić information content (AvgIpc) is 2.99. The number of nitrogens with two attached hydrogens (primary N) is 2. The molecule has 0 aliphatic heterocycles. The number of aromatic nitrogens is 4. The molecule has 3 aromatic rings. The number of nitrogens with zero attached hydrogens (tertiary/aromatic N) is 4. The van der Waals surface area contributed by atoms with Crippen LogP contribution in [0.15, 0.2) is 35.3 Å². The standard InChI is InChI=1S/C27H34F3N9O6/c1-16(2-7-20(40)33-9-11-45-13-12-44-10-8-31)35-23(41)17-3-5-19(6-4-17)39(25(43)27(28,29)30)15-18-14-34-22-21(36-18)24(42)38-26(32)37-22/h3-6,14,16H,2,7-13,15,31H2,1H3,(H,33,40)(H,35,41)(H3,32,34,37,38,42)/t16-/m1/s1. The maximum absolute atomic E-state index is 13.5. The van der Waals surface area contributed by atoms with Crippen LogP contribution in [0.2, 0.25) is 0 Å². The van der Waals surface area contributed by atoms with Gasteiger partial charge in [-0.3, -0.25) is 29.1 Å². The van der Waals surface area contributed by atoms with Crippen molar-refractivity contribution in [2.45, 2.75) is 38.5 Å². The van der Waals surface area contributed by atoms with Crippen molar-refractivity contribution in [3.8, 4) is 0 Å². The first-order valence-electron chi connectivity index (χ1n) is 13.8. The number of benzene rings is 1. The number of anilines is 2. The third-order valence-electron chi connectivity index (χ3n) is 6.12. The summed E-state index contributed by atoms with van der Waals surface area (Å²) in [5, 5.41) is 5.43. The second kappa shape index (κ2) is 16.4. The lowest BCUT2D eigenvalue weighted by Gasteiger charge is -2.24. The van der Waals surface area contributed by atoms with E-state index in [0.29, 0.717) is 50.8 Å².